The molecular formula is C10H16O2. The number of hydrogen-bond acceptors (Lipinski definition) is 1. The fourth-order valence-corrected chi connectivity index (χ4v) is 2.93. The zero-order valence-corrected chi connectivity index (χ0v) is 7.33. The highest BCUT2D eigenvalue weighted by Gasteiger charge is 2.34. The van der Waals surface area contributed by atoms with Gasteiger partial charge in [-0.25, -0.2) is 0 Å². The van der Waals surface area contributed by atoms with Crippen LogP contribution in [-0.2, 0) is 4.79 Å². The standard InChI is InChI=1S/C10H16O2/c11-10(12)9-5-7-2-1-3-8(4-7)6-9/h7-9H,1-6H2,(H,11,12). The van der Waals surface area contributed by atoms with Gasteiger partial charge in [0.1, 0.15) is 0 Å². The molecule has 2 rings (SSSR count). The van der Waals surface area contributed by atoms with Gasteiger partial charge >= 0.3 is 5.97 Å². The van der Waals surface area contributed by atoms with E-state index in [1.54, 1.807) is 0 Å². The third-order valence-electron chi connectivity index (χ3n) is 3.48. The number of fused-ring (bicyclic) bond motifs is 2. The molecule has 2 saturated carbocycles. The molecule has 0 spiro atoms. The molecule has 12 heavy (non-hydrogen) atoms. The van der Waals surface area contributed by atoms with E-state index in [1.807, 2.05) is 0 Å². The molecule has 0 aliphatic heterocycles. The average molecular weight is 168 g/mol. The van der Waals surface area contributed by atoms with Crippen LogP contribution in [-0.4, -0.2) is 11.1 Å². The minimum absolute atomic E-state index is 0.0194. The Bertz CT molecular complexity index is 176. The molecule has 2 bridgehead atoms. The summed E-state index contributed by atoms with van der Waals surface area (Å²) in [6.45, 7) is 0. The maximum atomic E-state index is 10.8. The summed E-state index contributed by atoms with van der Waals surface area (Å²) in [5.41, 5.74) is 0. The zero-order valence-electron chi connectivity index (χ0n) is 7.33. The number of carboxylic acids is 1. The first-order valence-electron chi connectivity index (χ1n) is 4.98. The van der Waals surface area contributed by atoms with E-state index in [2.05, 4.69) is 0 Å². The van der Waals surface area contributed by atoms with Crippen molar-refractivity contribution in [3.63, 3.8) is 0 Å². The molecule has 0 saturated heterocycles. The second-order valence-electron chi connectivity index (χ2n) is 4.41. The predicted octanol–water partition coefficient (Wildman–Crippen LogP) is 2.29. The lowest BCUT2D eigenvalue weighted by Gasteiger charge is -2.37. The number of hydrogen-bond donors (Lipinski definition) is 1. The molecule has 2 aliphatic rings. The minimum Gasteiger partial charge on any atom is -0.481 e. The highest BCUT2D eigenvalue weighted by Crippen LogP contribution is 2.42. The lowest BCUT2D eigenvalue weighted by Crippen LogP contribution is -2.30. The molecule has 0 amide bonds. The second kappa shape index (κ2) is 3.08. The summed E-state index contributed by atoms with van der Waals surface area (Å²) < 4.78 is 0. The molecule has 2 nitrogen and oxygen atoms in total. The summed E-state index contributed by atoms with van der Waals surface area (Å²) >= 11 is 0. The van der Waals surface area contributed by atoms with E-state index < -0.39 is 5.97 Å². The molecule has 0 heterocycles. The van der Waals surface area contributed by atoms with Gasteiger partial charge in [-0.3, -0.25) is 4.79 Å². The largest absolute Gasteiger partial charge is 0.481 e. The van der Waals surface area contributed by atoms with Crippen molar-refractivity contribution in [2.45, 2.75) is 38.5 Å². The van der Waals surface area contributed by atoms with Crippen molar-refractivity contribution < 1.29 is 9.90 Å². The SMILES string of the molecule is O=C(O)C1CC2CCCC(C2)C1. The molecule has 2 fully saturated rings. The lowest BCUT2D eigenvalue weighted by atomic mass is 9.68. The molecule has 2 aliphatic carbocycles. The van der Waals surface area contributed by atoms with E-state index in [-0.39, 0.29) is 5.92 Å². The van der Waals surface area contributed by atoms with Gasteiger partial charge in [-0.1, -0.05) is 19.3 Å². The van der Waals surface area contributed by atoms with Crippen LogP contribution in [0, 0.1) is 17.8 Å². The van der Waals surface area contributed by atoms with Crippen molar-refractivity contribution in [3.05, 3.63) is 0 Å². The molecule has 0 aromatic heterocycles. The van der Waals surface area contributed by atoms with E-state index in [0.717, 1.165) is 24.7 Å². The Morgan fingerprint density at radius 1 is 1.08 bits per heavy atom. The van der Waals surface area contributed by atoms with Crippen molar-refractivity contribution in [1.82, 2.24) is 0 Å². The zero-order chi connectivity index (χ0) is 8.55. The molecular weight excluding hydrogens is 152 g/mol. The number of carbonyl (C=O) groups is 1. The summed E-state index contributed by atoms with van der Waals surface area (Å²) in [7, 11) is 0. The van der Waals surface area contributed by atoms with E-state index in [4.69, 9.17) is 5.11 Å². The number of carboxylic acid groups (broad SMARTS) is 1. The predicted molar refractivity (Wildman–Crippen MR) is 45.8 cm³/mol. The smallest absolute Gasteiger partial charge is 0.306 e. The third-order valence-corrected chi connectivity index (χ3v) is 3.48. The summed E-state index contributed by atoms with van der Waals surface area (Å²) in [6.07, 6.45) is 7.10. The molecule has 0 aromatic carbocycles. The Kier molecular flexibility index (Phi) is 2.07. The van der Waals surface area contributed by atoms with Crippen LogP contribution in [0.5, 0.6) is 0 Å². The summed E-state index contributed by atoms with van der Waals surface area (Å²) in [5.74, 6) is 0.887. The van der Waals surface area contributed by atoms with Gasteiger partial charge in [0.05, 0.1) is 5.92 Å². The van der Waals surface area contributed by atoms with E-state index in [0.29, 0.717) is 0 Å². The van der Waals surface area contributed by atoms with Gasteiger partial charge in [-0.05, 0) is 31.1 Å². The maximum absolute atomic E-state index is 10.8. The van der Waals surface area contributed by atoms with Gasteiger partial charge in [0.2, 0.25) is 0 Å². The molecule has 0 aromatic rings. The van der Waals surface area contributed by atoms with Gasteiger partial charge in [0, 0.05) is 0 Å². The van der Waals surface area contributed by atoms with Crippen LogP contribution in [0.25, 0.3) is 0 Å². The van der Waals surface area contributed by atoms with Crippen LogP contribution in [0.15, 0.2) is 0 Å². The highest BCUT2D eigenvalue weighted by molar-refractivity contribution is 5.70. The van der Waals surface area contributed by atoms with E-state index >= 15 is 0 Å². The molecule has 2 atom stereocenters. The summed E-state index contributed by atoms with van der Waals surface area (Å²) in [5, 5.41) is 8.89. The number of rotatable bonds is 1. The average Bonchev–Trinajstić information content (AvgIpc) is 2.03. The van der Waals surface area contributed by atoms with Crippen molar-refractivity contribution in [2.75, 3.05) is 0 Å². The van der Waals surface area contributed by atoms with Crippen molar-refractivity contribution in [1.29, 1.82) is 0 Å². The van der Waals surface area contributed by atoms with Crippen molar-refractivity contribution in [3.8, 4) is 0 Å². The van der Waals surface area contributed by atoms with Crippen LogP contribution in [0.2, 0.25) is 0 Å². The summed E-state index contributed by atoms with van der Waals surface area (Å²) in [4.78, 5) is 10.8. The molecule has 1 N–H and O–H groups in total. The number of aliphatic carboxylic acids is 1. The van der Waals surface area contributed by atoms with Crippen LogP contribution in [0.3, 0.4) is 0 Å². The topological polar surface area (TPSA) is 37.3 Å². The summed E-state index contributed by atoms with van der Waals surface area (Å²) in [6, 6.07) is 0. The second-order valence-corrected chi connectivity index (χ2v) is 4.41. The Labute approximate surface area is 73.0 Å². The first-order chi connectivity index (χ1) is 5.75. The lowest BCUT2D eigenvalue weighted by molar-refractivity contribution is -0.144. The Hall–Kier alpha value is -0.530. The van der Waals surface area contributed by atoms with Gasteiger partial charge in [-0.2, -0.15) is 0 Å². The van der Waals surface area contributed by atoms with Crippen LogP contribution >= 0.6 is 0 Å². The first kappa shape index (κ1) is 8.09. The quantitative estimate of drug-likeness (QED) is 0.652. The Morgan fingerprint density at radius 3 is 2.17 bits per heavy atom. The molecule has 68 valence electrons. The Morgan fingerprint density at radius 2 is 1.67 bits per heavy atom. The van der Waals surface area contributed by atoms with Gasteiger partial charge in [-0.15, -0.1) is 0 Å². The maximum Gasteiger partial charge on any atom is 0.306 e. The minimum atomic E-state index is -0.563. The van der Waals surface area contributed by atoms with E-state index in [9.17, 15) is 4.79 Å². The van der Waals surface area contributed by atoms with Gasteiger partial charge in [0.25, 0.3) is 0 Å². The first-order valence-corrected chi connectivity index (χ1v) is 4.98. The van der Waals surface area contributed by atoms with Crippen LogP contribution in [0.4, 0.5) is 0 Å². The van der Waals surface area contributed by atoms with E-state index in [1.165, 1.54) is 25.7 Å². The van der Waals surface area contributed by atoms with Gasteiger partial charge in [0.15, 0.2) is 0 Å². The van der Waals surface area contributed by atoms with Gasteiger partial charge < -0.3 is 5.11 Å². The van der Waals surface area contributed by atoms with Crippen LogP contribution in [0.1, 0.15) is 38.5 Å². The van der Waals surface area contributed by atoms with Crippen LogP contribution < -0.4 is 0 Å². The fraction of sp³-hybridized carbons (Fsp3) is 0.900. The van der Waals surface area contributed by atoms with Crippen molar-refractivity contribution >= 4 is 5.97 Å². The van der Waals surface area contributed by atoms with Crippen molar-refractivity contribution in [2.24, 2.45) is 17.8 Å². The monoisotopic (exact) mass is 168 g/mol. The fourth-order valence-electron chi connectivity index (χ4n) is 2.93. The third kappa shape index (κ3) is 1.47. The molecule has 2 unspecified atom stereocenters. The molecule has 0 radical (unpaired) electrons. The normalized spacial score (nSPS) is 40.8. The highest BCUT2D eigenvalue weighted by atomic mass is 16.4. The molecule has 2 heteroatoms. The Balaban J connectivity index is 2.00.